The van der Waals surface area contributed by atoms with Gasteiger partial charge in [0, 0.05) is 24.1 Å². The summed E-state index contributed by atoms with van der Waals surface area (Å²) in [7, 11) is 0. The predicted octanol–water partition coefficient (Wildman–Crippen LogP) is 4.62. The standard InChI is InChI=1S/C21H22N2O3/c1-3-25-17-10-8-16(9-11-17)19-14-22-21(26-19)13-12-20(24)23-18-7-5-4-6-15(18)2/h4-11,14H,3,12-13H2,1-2H3,(H,23,24). The Bertz CT molecular complexity index is 869. The number of carbonyl (C=O) groups is 1. The summed E-state index contributed by atoms with van der Waals surface area (Å²) in [6.45, 7) is 4.55. The Labute approximate surface area is 153 Å². The summed E-state index contributed by atoms with van der Waals surface area (Å²) in [6, 6.07) is 15.4. The molecule has 0 aliphatic rings. The van der Waals surface area contributed by atoms with Crippen molar-refractivity contribution in [1.82, 2.24) is 4.98 Å². The summed E-state index contributed by atoms with van der Waals surface area (Å²) in [6.07, 6.45) is 2.45. The van der Waals surface area contributed by atoms with Gasteiger partial charge in [-0.2, -0.15) is 0 Å². The number of anilines is 1. The van der Waals surface area contributed by atoms with E-state index in [0.29, 0.717) is 31.1 Å². The van der Waals surface area contributed by atoms with Crippen molar-refractivity contribution in [3.05, 3.63) is 66.2 Å². The van der Waals surface area contributed by atoms with Crippen molar-refractivity contribution in [2.45, 2.75) is 26.7 Å². The first-order chi connectivity index (χ1) is 12.7. The lowest BCUT2D eigenvalue weighted by atomic mass is 10.2. The Morgan fingerprint density at radius 1 is 1.15 bits per heavy atom. The van der Waals surface area contributed by atoms with Gasteiger partial charge >= 0.3 is 0 Å². The van der Waals surface area contributed by atoms with Gasteiger partial charge in [0.05, 0.1) is 12.8 Å². The largest absolute Gasteiger partial charge is 0.494 e. The van der Waals surface area contributed by atoms with Gasteiger partial charge in [0.2, 0.25) is 5.91 Å². The number of nitrogens with one attached hydrogen (secondary N) is 1. The number of amides is 1. The molecule has 2 aromatic carbocycles. The van der Waals surface area contributed by atoms with Gasteiger partial charge in [-0.25, -0.2) is 4.98 Å². The second-order valence-electron chi connectivity index (χ2n) is 5.94. The van der Waals surface area contributed by atoms with E-state index in [1.54, 1.807) is 6.20 Å². The fourth-order valence-electron chi connectivity index (χ4n) is 2.59. The van der Waals surface area contributed by atoms with Crippen LogP contribution in [0.3, 0.4) is 0 Å². The van der Waals surface area contributed by atoms with Crippen LogP contribution in [0.2, 0.25) is 0 Å². The van der Waals surface area contributed by atoms with Crippen LogP contribution >= 0.6 is 0 Å². The number of hydrogen-bond donors (Lipinski definition) is 1. The van der Waals surface area contributed by atoms with Crippen LogP contribution in [0.4, 0.5) is 5.69 Å². The highest BCUT2D eigenvalue weighted by Gasteiger charge is 2.10. The molecule has 1 aromatic heterocycles. The van der Waals surface area contributed by atoms with E-state index >= 15 is 0 Å². The third-order valence-corrected chi connectivity index (χ3v) is 3.99. The van der Waals surface area contributed by atoms with E-state index in [-0.39, 0.29) is 5.91 Å². The third-order valence-electron chi connectivity index (χ3n) is 3.99. The summed E-state index contributed by atoms with van der Waals surface area (Å²) in [5, 5.41) is 2.91. The molecule has 0 fully saturated rings. The average molecular weight is 350 g/mol. The molecule has 26 heavy (non-hydrogen) atoms. The molecule has 5 heteroatoms. The molecule has 0 aliphatic carbocycles. The molecule has 1 amide bonds. The van der Waals surface area contributed by atoms with E-state index in [1.165, 1.54) is 0 Å². The molecule has 0 aliphatic heterocycles. The van der Waals surface area contributed by atoms with E-state index in [2.05, 4.69) is 10.3 Å². The van der Waals surface area contributed by atoms with Gasteiger partial charge in [-0.1, -0.05) is 18.2 Å². The minimum Gasteiger partial charge on any atom is -0.494 e. The van der Waals surface area contributed by atoms with Crippen molar-refractivity contribution < 1.29 is 13.9 Å². The summed E-state index contributed by atoms with van der Waals surface area (Å²) in [5.74, 6) is 2.00. The Balaban J connectivity index is 1.56. The van der Waals surface area contributed by atoms with E-state index < -0.39 is 0 Å². The summed E-state index contributed by atoms with van der Waals surface area (Å²) in [5.41, 5.74) is 2.80. The Hall–Kier alpha value is -3.08. The molecule has 0 saturated heterocycles. The highest BCUT2D eigenvalue weighted by molar-refractivity contribution is 5.91. The van der Waals surface area contributed by atoms with Crippen molar-refractivity contribution in [3.63, 3.8) is 0 Å². The van der Waals surface area contributed by atoms with E-state index in [0.717, 1.165) is 22.6 Å². The van der Waals surface area contributed by atoms with Crippen LogP contribution in [-0.2, 0) is 11.2 Å². The molecule has 1 N–H and O–H groups in total. The number of oxazole rings is 1. The Morgan fingerprint density at radius 2 is 1.92 bits per heavy atom. The number of para-hydroxylation sites is 1. The first-order valence-corrected chi connectivity index (χ1v) is 8.69. The van der Waals surface area contributed by atoms with Crippen LogP contribution < -0.4 is 10.1 Å². The minimum absolute atomic E-state index is 0.0554. The van der Waals surface area contributed by atoms with Gasteiger partial charge in [-0.05, 0) is 49.7 Å². The van der Waals surface area contributed by atoms with Crippen LogP contribution in [0.5, 0.6) is 5.75 Å². The molecule has 0 unspecified atom stereocenters. The maximum atomic E-state index is 12.1. The monoisotopic (exact) mass is 350 g/mol. The van der Waals surface area contributed by atoms with E-state index in [9.17, 15) is 4.79 Å². The Kier molecular flexibility index (Phi) is 5.69. The molecule has 5 nitrogen and oxygen atoms in total. The lowest BCUT2D eigenvalue weighted by Gasteiger charge is -2.07. The number of benzene rings is 2. The first kappa shape index (κ1) is 17.7. The van der Waals surface area contributed by atoms with Gasteiger partial charge in [0.15, 0.2) is 11.7 Å². The van der Waals surface area contributed by atoms with Crippen molar-refractivity contribution >= 4 is 11.6 Å². The minimum atomic E-state index is -0.0554. The van der Waals surface area contributed by atoms with E-state index in [1.807, 2.05) is 62.4 Å². The average Bonchev–Trinajstić information content (AvgIpc) is 3.12. The first-order valence-electron chi connectivity index (χ1n) is 8.69. The van der Waals surface area contributed by atoms with Crippen LogP contribution in [0, 0.1) is 6.92 Å². The molecular formula is C21H22N2O3. The summed E-state index contributed by atoms with van der Waals surface area (Å²) < 4.78 is 11.2. The molecular weight excluding hydrogens is 328 g/mol. The van der Waals surface area contributed by atoms with Gasteiger partial charge in [0.25, 0.3) is 0 Å². The fourth-order valence-corrected chi connectivity index (χ4v) is 2.59. The number of aryl methyl sites for hydroxylation is 2. The van der Waals surface area contributed by atoms with Crippen LogP contribution in [-0.4, -0.2) is 17.5 Å². The van der Waals surface area contributed by atoms with Crippen LogP contribution in [0.1, 0.15) is 24.8 Å². The lowest BCUT2D eigenvalue weighted by Crippen LogP contribution is -2.13. The van der Waals surface area contributed by atoms with Gasteiger partial charge in [0.1, 0.15) is 5.75 Å². The normalized spacial score (nSPS) is 10.5. The number of aromatic nitrogens is 1. The van der Waals surface area contributed by atoms with E-state index in [4.69, 9.17) is 9.15 Å². The zero-order valence-electron chi connectivity index (χ0n) is 15.0. The topological polar surface area (TPSA) is 64.4 Å². The van der Waals surface area contributed by atoms with Gasteiger partial charge in [-0.3, -0.25) is 4.79 Å². The zero-order valence-corrected chi connectivity index (χ0v) is 15.0. The number of ether oxygens (including phenoxy) is 1. The molecule has 134 valence electrons. The zero-order chi connectivity index (χ0) is 18.4. The lowest BCUT2D eigenvalue weighted by molar-refractivity contribution is -0.116. The molecule has 0 radical (unpaired) electrons. The SMILES string of the molecule is CCOc1ccc(-c2cnc(CCC(=O)Nc3ccccc3C)o2)cc1. The number of hydrogen-bond acceptors (Lipinski definition) is 4. The highest BCUT2D eigenvalue weighted by atomic mass is 16.5. The second-order valence-corrected chi connectivity index (χ2v) is 5.94. The van der Waals surface area contributed by atoms with Crippen LogP contribution in [0.25, 0.3) is 11.3 Å². The summed E-state index contributed by atoms with van der Waals surface area (Å²) >= 11 is 0. The molecule has 0 spiro atoms. The molecule has 0 atom stereocenters. The molecule has 3 rings (SSSR count). The quantitative estimate of drug-likeness (QED) is 0.675. The molecule has 1 heterocycles. The van der Waals surface area contributed by atoms with Gasteiger partial charge < -0.3 is 14.5 Å². The Morgan fingerprint density at radius 3 is 2.65 bits per heavy atom. The molecule has 0 saturated carbocycles. The number of carbonyl (C=O) groups excluding carboxylic acids is 1. The summed E-state index contributed by atoms with van der Waals surface area (Å²) in [4.78, 5) is 16.4. The van der Waals surface area contributed by atoms with Crippen LogP contribution in [0.15, 0.2) is 59.1 Å². The van der Waals surface area contributed by atoms with Crippen molar-refractivity contribution in [1.29, 1.82) is 0 Å². The number of nitrogens with zero attached hydrogens (tertiary/aromatic N) is 1. The maximum Gasteiger partial charge on any atom is 0.224 e. The predicted molar refractivity (Wildman–Crippen MR) is 101 cm³/mol. The second kappa shape index (κ2) is 8.34. The van der Waals surface area contributed by atoms with Crippen molar-refractivity contribution in [2.75, 3.05) is 11.9 Å². The molecule has 3 aromatic rings. The maximum absolute atomic E-state index is 12.1. The van der Waals surface area contributed by atoms with Crippen molar-refractivity contribution in [2.24, 2.45) is 0 Å². The third kappa shape index (κ3) is 4.51. The van der Waals surface area contributed by atoms with Gasteiger partial charge in [-0.15, -0.1) is 0 Å². The molecule has 0 bridgehead atoms. The fraction of sp³-hybridized carbons (Fsp3) is 0.238. The number of rotatable bonds is 7. The smallest absolute Gasteiger partial charge is 0.224 e. The van der Waals surface area contributed by atoms with Crippen molar-refractivity contribution in [3.8, 4) is 17.1 Å². The highest BCUT2D eigenvalue weighted by Crippen LogP contribution is 2.23.